The van der Waals surface area contributed by atoms with Gasteiger partial charge in [0, 0.05) is 24.4 Å². The van der Waals surface area contributed by atoms with Crippen molar-refractivity contribution in [3.8, 4) is 0 Å². The Labute approximate surface area is 95.9 Å². The van der Waals surface area contributed by atoms with Gasteiger partial charge in [0.15, 0.2) is 0 Å². The smallest absolute Gasteiger partial charge is 0.0954 e. The molecule has 15 heavy (non-hydrogen) atoms. The lowest BCUT2D eigenvalue weighted by Gasteiger charge is -1.97. The van der Waals surface area contributed by atoms with E-state index in [2.05, 4.69) is 24.1 Å². The van der Waals surface area contributed by atoms with E-state index in [0.717, 1.165) is 38.4 Å². The van der Waals surface area contributed by atoms with E-state index in [4.69, 9.17) is 4.74 Å². The van der Waals surface area contributed by atoms with E-state index in [1.165, 1.54) is 9.88 Å². The number of hydrogen-bond acceptors (Lipinski definition) is 4. The number of hydrogen-bond donors (Lipinski definition) is 1. The summed E-state index contributed by atoms with van der Waals surface area (Å²) in [6.45, 7) is 9.72. The molecule has 0 aliphatic rings. The van der Waals surface area contributed by atoms with E-state index in [-0.39, 0.29) is 0 Å². The van der Waals surface area contributed by atoms with E-state index in [1.807, 2.05) is 6.92 Å². The molecule has 0 unspecified atom stereocenters. The highest BCUT2D eigenvalue weighted by Crippen LogP contribution is 2.18. The van der Waals surface area contributed by atoms with E-state index in [9.17, 15) is 0 Å². The molecule has 1 rings (SSSR count). The van der Waals surface area contributed by atoms with Gasteiger partial charge < -0.3 is 10.1 Å². The van der Waals surface area contributed by atoms with Crippen molar-refractivity contribution < 1.29 is 4.74 Å². The Hall–Kier alpha value is -0.450. The van der Waals surface area contributed by atoms with E-state index < -0.39 is 0 Å². The highest BCUT2D eigenvalue weighted by atomic mass is 32.1. The molecule has 0 saturated heterocycles. The summed E-state index contributed by atoms with van der Waals surface area (Å²) >= 11 is 1.80. The van der Waals surface area contributed by atoms with Gasteiger partial charge in [0.25, 0.3) is 0 Å². The van der Waals surface area contributed by atoms with Crippen LogP contribution >= 0.6 is 11.3 Å². The molecular weight excluding hydrogens is 208 g/mol. The molecule has 1 N–H and O–H groups in total. The van der Waals surface area contributed by atoms with E-state index >= 15 is 0 Å². The first-order valence-corrected chi connectivity index (χ1v) is 6.33. The van der Waals surface area contributed by atoms with Crippen LogP contribution in [0.25, 0.3) is 0 Å². The highest BCUT2D eigenvalue weighted by molar-refractivity contribution is 7.11. The summed E-state index contributed by atoms with van der Waals surface area (Å²) in [5.74, 6) is 0. The van der Waals surface area contributed by atoms with Crippen LogP contribution in [0, 0.1) is 6.92 Å². The SMILES string of the molecule is CCNCc1sc(CCOCC)nc1C. The normalized spacial score (nSPS) is 10.9. The van der Waals surface area contributed by atoms with Crippen LogP contribution in [0.5, 0.6) is 0 Å². The van der Waals surface area contributed by atoms with Crippen LogP contribution < -0.4 is 5.32 Å². The number of aromatic nitrogens is 1. The maximum absolute atomic E-state index is 5.32. The number of nitrogens with one attached hydrogen (secondary N) is 1. The van der Waals surface area contributed by atoms with Crippen LogP contribution in [-0.2, 0) is 17.7 Å². The van der Waals surface area contributed by atoms with Crippen LogP contribution in [0.3, 0.4) is 0 Å². The van der Waals surface area contributed by atoms with Gasteiger partial charge in [-0.25, -0.2) is 4.98 Å². The number of ether oxygens (including phenoxy) is 1. The molecule has 0 saturated carbocycles. The van der Waals surface area contributed by atoms with Crippen LogP contribution in [-0.4, -0.2) is 24.7 Å². The Morgan fingerprint density at radius 3 is 2.87 bits per heavy atom. The molecule has 0 aromatic carbocycles. The standard InChI is InChI=1S/C11H20N2OS/c1-4-12-8-10-9(3)13-11(15-10)6-7-14-5-2/h12H,4-8H2,1-3H3. The molecule has 0 amide bonds. The van der Waals surface area contributed by atoms with Crippen LogP contribution in [0.2, 0.25) is 0 Å². The molecule has 0 aliphatic heterocycles. The second kappa shape index (κ2) is 6.93. The zero-order chi connectivity index (χ0) is 11.1. The monoisotopic (exact) mass is 228 g/mol. The maximum atomic E-state index is 5.32. The largest absolute Gasteiger partial charge is 0.381 e. The molecule has 0 aliphatic carbocycles. The fourth-order valence-corrected chi connectivity index (χ4v) is 2.32. The van der Waals surface area contributed by atoms with Gasteiger partial charge >= 0.3 is 0 Å². The summed E-state index contributed by atoms with van der Waals surface area (Å²) in [5.41, 5.74) is 1.16. The average Bonchev–Trinajstić information content (AvgIpc) is 2.57. The molecule has 0 radical (unpaired) electrons. The third-order valence-electron chi connectivity index (χ3n) is 2.14. The molecule has 0 spiro atoms. The predicted molar refractivity (Wildman–Crippen MR) is 64.4 cm³/mol. The maximum Gasteiger partial charge on any atom is 0.0954 e. The molecular formula is C11H20N2OS. The lowest BCUT2D eigenvalue weighted by molar-refractivity contribution is 0.151. The fraction of sp³-hybridized carbons (Fsp3) is 0.727. The van der Waals surface area contributed by atoms with Crippen molar-refractivity contribution in [2.24, 2.45) is 0 Å². The lowest BCUT2D eigenvalue weighted by atomic mass is 10.4. The van der Waals surface area contributed by atoms with Crippen LogP contribution in [0.15, 0.2) is 0 Å². The van der Waals surface area contributed by atoms with Gasteiger partial charge in [0.05, 0.1) is 17.3 Å². The molecule has 4 heteroatoms. The van der Waals surface area contributed by atoms with Crippen molar-refractivity contribution in [1.82, 2.24) is 10.3 Å². The summed E-state index contributed by atoms with van der Waals surface area (Å²) in [5, 5.41) is 4.51. The molecule has 0 fully saturated rings. The van der Waals surface area contributed by atoms with Crippen molar-refractivity contribution in [2.75, 3.05) is 19.8 Å². The van der Waals surface area contributed by atoms with Gasteiger partial charge in [-0.2, -0.15) is 0 Å². The minimum atomic E-state index is 0.782. The molecule has 86 valence electrons. The fourth-order valence-electron chi connectivity index (χ4n) is 1.30. The van der Waals surface area contributed by atoms with Gasteiger partial charge in [-0.1, -0.05) is 6.92 Å². The Bertz CT molecular complexity index is 286. The number of nitrogens with zero attached hydrogens (tertiary/aromatic N) is 1. The number of rotatable bonds is 7. The van der Waals surface area contributed by atoms with Crippen molar-refractivity contribution in [3.63, 3.8) is 0 Å². The second-order valence-electron chi connectivity index (χ2n) is 3.34. The highest BCUT2D eigenvalue weighted by Gasteiger charge is 2.06. The van der Waals surface area contributed by atoms with Crippen molar-refractivity contribution in [2.45, 2.75) is 33.7 Å². The first kappa shape index (κ1) is 12.6. The van der Waals surface area contributed by atoms with Gasteiger partial charge in [0.1, 0.15) is 0 Å². The lowest BCUT2D eigenvalue weighted by Crippen LogP contribution is -2.11. The molecule has 1 heterocycles. The first-order chi connectivity index (χ1) is 7.27. The minimum absolute atomic E-state index is 0.782. The third-order valence-corrected chi connectivity index (χ3v) is 3.35. The summed E-state index contributed by atoms with van der Waals surface area (Å²) < 4.78 is 5.32. The van der Waals surface area contributed by atoms with Gasteiger partial charge in [-0.15, -0.1) is 11.3 Å². The quantitative estimate of drug-likeness (QED) is 0.726. The number of aryl methyl sites for hydroxylation is 1. The van der Waals surface area contributed by atoms with E-state index in [1.54, 1.807) is 11.3 Å². The third kappa shape index (κ3) is 4.28. The molecule has 0 atom stereocenters. The van der Waals surface area contributed by atoms with Crippen LogP contribution in [0.4, 0.5) is 0 Å². The van der Waals surface area contributed by atoms with Gasteiger partial charge in [-0.05, 0) is 20.4 Å². The molecule has 1 aromatic heterocycles. The summed E-state index contributed by atoms with van der Waals surface area (Å²) in [6.07, 6.45) is 0.936. The molecule has 3 nitrogen and oxygen atoms in total. The summed E-state index contributed by atoms with van der Waals surface area (Å²) in [7, 11) is 0. The topological polar surface area (TPSA) is 34.1 Å². The van der Waals surface area contributed by atoms with Crippen molar-refractivity contribution >= 4 is 11.3 Å². The van der Waals surface area contributed by atoms with Crippen LogP contribution in [0.1, 0.15) is 29.4 Å². The zero-order valence-corrected chi connectivity index (χ0v) is 10.6. The Balaban J connectivity index is 2.45. The summed E-state index contributed by atoms with van der Waals surface area (Å²) in [4.78, 5) is 5.88. The molecule has 0 bridgehead atoms. The summed E-state index contributed by atoms with van der Waals surface area (Å²) in [6, 6.07) is 0. The Morgan fingerprint density at radius 1 is 1.40 bits per heavy atom. The Kier molecular flexibility index (Phi) is 5.83. The number of thiazole rings is 1. The van der Waals surface area contributed by atoms with Gasteiger partial charge in [-0.3, -0.25) is 0 Å². The first-order valence-electron chi connectivity index (χ1n) is 5.51. The van der Waals surface area contributed by atoms with E-state index in [0.29, 0.717) is 0 Å². The average molecular weight is 228 g/mol. The minimum Gasteiger partial charge on any atom is -0.381 e. The van der Waals surface area contributed by atoms with Crippen molar-refractivity contribution in [1.29, 1.82) is 0 Å². The second-order valence-corrected chi connectivity index (χ2v) is 4.51. The van der Waals surface area contributed by atoms with Crippen molar-refractivity contribution in [3.05, 3.63) is 15.6 Å². The Morgan fingerprint density at radius 2 is 2.20 bits per heavy atom. The van der Waals surface area contributed by atoms with Gasteiger partial charge in [0.2, 0.25) is 0 Å². The predicted octanol–water partition coefficient (Wildman–Crippen LogP) is 2.14. The zero-order valence-electron chi connectivity index (χ0n) is 9.80. The molecule has 1 aromatic rings.